The molecule has 212 valence electrons. The standard InChI is InChI=1S/C26H40F2O8S/c1-14(4-7-22(32)36-13-26(27,28)37(33,34)35)17-5-6-18-23-19(12-21(31)25(17,18)3)24(2)9-8-16(29)10-15(24)11-20(23)30/h14-20,23,29-30H,4-13H2,1-3H3,(H,33,34,35)/t14-,15?,16-,17-,18+,19+,20-,23+,24+,25-/m1/s1. The third kappa shape index (κ3) is 4.87. The number of carbonyl (C=O) groups excluding carboxylic acids is 2. The normalized spacial score (nSPS) is 42.9. The molecule has 4 saturated carbocycles. The number of rotatable bonds is 7. The maximum absolute atomic E-state index is 13.8. The van der Waals surface area contributed by atoms with Gasteiger partial charge in [-0.2, -0.15) is 17.2 Å². The summed E-state index contributed by atoms with van der Waals surface area (Å²) < 4.78 is 61.0. The van der Waals surface area contributed by atoms with Crippen molar-refractivity contribution < 1.29 is 46.3 Å². The summed E-state index contributed by atoms with van der Waals surface area (Å²) >= 11 is 0. The molecule has 8 nitrogen and oxygen atoms in total. The van der Waals surface area contributed by atoms with Gasteiger partial charge < -0.3 is 14.9 Å². The summed E-state index contributed by atoms with van der Waals surface area (Å²) in [5.74, 6) is -0.652. The lowest BCUT2D eigenvalue weighted by atomic mass is 9.43. The van der Waals surface area contributed by atoms with Crippen molar-refractivity contribution in [2.75, 3.05) is 6.61 Å². The minimum Gasteiger partial charge on any atom is -0.458 e. The molecule has 4 rings (SSSR count). The topological polar surface area (TPSA) is 138 Å². The molecule has 11 heteroatoms. The van der Waals surface area contributed by atoms with Gasteiger partial charge in [-0.3, -0.25) is 14.1 Å². The minimum atomic E-state index is -5.68. The van der Waals surface area contributed by atoms with Crippen LogP contribution in [0.4, 0.5) is 8.78 Å². The average Bonchev–Trinajstić information content (AvgIpc) is 3.16. The van der Waals surface area contributed by atoms with Crippen molar-refractivity contribution in [1.29, 1.82) is 0 Å². The van der Waals surface area contributed by atoms with Crippen LogP contribution in [0.5, 0.6) is 0 Å². The van der Waals surface area contributed by atoms with Crippen molar-refractivity contribution in [3.8, 4) is 0 Å². The van der Waals surface area contributed by atoms with E-state index in [0.29, 0.717) is 25.7 Å². The van der Waals surface area contributed by atoms with E-state index in [0.717, 1.165) is 19.3 Å². The number of ether oxygens (including phenoxy) is 1. The van der Waals surface area contributed by atoms with Crippen molar-refractivity contribution in [2.45, 2.75) is 96.0 Å². The van der Waals surface area contributed by atoms with Gasteiger partial charge in [0, 0.05) is 18.3 Å². The molecule has 0 heterocycles. The molecule has 4 fully saturated rings. The number of esters is 1. The summed E-state index contributed by atoms with van der Waals surface area (Å²) in [6.45, 7) is 4.39. The molecule has 0 amide bonds. The molecule has 0 aromatic carbocycles. The van der Waals surface area contributed by atoms with Crippen molar-refractivity contribution in [2.24, 2.45) is 46.3 Å². The zero-order chi connectivity index (χ0) is 27.6. The fraction of sp³-hybridized carbons (Fsp3) is 0.923. The number of alkyl halides is 2. The number of ketones is 1. The number of aliphatic hydroxyl groups is 2. The highest BCUT2D eigenvalue weighted by molar-refractivity contribution is 7.86. The van der Waals surface area contributed by atoms with E-state index in [1.807, 2.05) is 13.8 Å². The van der Waals surface area contributed by atoms with Gasteiger partial charge in [0.05, 0.1) is 12.2 Å². The Morgan fingerprint density at radius 1 is 1.16 bits per heavy atom. The Hall–Kier alpha value is -1.17. The Labute approximate surface area is 217 Å². The summed E-state index contributed by atoms with van der Waals surface area (Å²) in [5, 5.41) is 17.0. The lowest BCUT2D eigenvalue weighted by molar-refractivity contribution is -0.181. The molecular weight excluding hydrogens is 510 g/mol. The first-order chi connectivity index (χ1) is 17.0. The van der Waals surface area contributed by atoms with Crippen LogP contribution in [0.3, 0.4) is 0 Å². The molecule has 4 aliphatic carbocycles. The van der Waals surface area contributed by atoms with Gasteiger partial charge in [-0.15, -0.1) is 0 Å². The van der Waals surface area contributed by atoms with Gasteiger partial charge in [-0.1, -0.05) is 20.8 Å². The Kier molecular flexibility index (Phi) is 7.62. The van der Waals surface area contributed by atoms with Gasteiger partial charge >= 0.3 is 21.3 Å². The summed E-state index contributed by atoms with van der Waals surface area (Å²) in [4.78, 5) is 25.8. The highest BCUT2D eigenvalue weighted by atomic mass is 32.2. The Bertz CT molecular complexity index is 1020. The second-order valence-electron chi connectivity index (χ2n) is 12.6. The molecule has 0 saturated heterocycles. The fourth-order valence-corrected chi connectivity index (χ4v) is 8.93. The quantitative estimate of drug-likeness (QED) is 0.323. The van der Waals surface area contributed by atoms with Gasteiger partial charge in [-0.25, -0.2) is 0 Å². The Morgan fingerprint density at radius 3 is 2.49 bits per heavy atom. The minimum absolute atomic E-state index is 0.00372. The number of aliphatic hydroxyl groups excluding tert-OH is 2. The van der Waals surface area contributed by atoms with Crippen LogP contribution in [-0.4, -0.2) is 59.0 Å². The highest BCUT2D eigenvalue weighted by Crippen LogP contribution is 2.67. The number of hydrogen-bond donors (Lipinski definition) is 3. The zero-order valence-electron chi connectivity index (χ0n) is 21.7. The lowest BCUT2D eigenvalue weighted by Gasteiger charge is -2.61. The number of halogens is 2. The number of fused-ring (bicyclic) bond motifs is 5. The summed E-state index contributed by atoms with van der Waals surface area (Å²) in [6.07, 6.45) is 4.00. The monoisotopic (exact) mass is 550 g/mol. The third-order valence-electron chi connectivity index (χ3n) is 10.9. The number of Topliss-reactive ketones (excluding diaryl/α,β-unsaturated/α-hetero) is 1. The van der Waals surface area contributed by atoms with Crippen LogP contribution in [0.2, 0.25) is 0 Å². The maximum Gasteiger partial charge on any atom is 0.402 e. The van der Waals surface area contributed by atoms with E-state index in [-0.39, 0.29) is 65.7 Å². The Morgan fingerprint density at radius 2 is 1.84 bits per heavy atom. The van der Waals surface area contributed by atoms with Crippen molar-refractivity contribution >= 4 is 21.9 Å². The first kappa shape index (κ1) is 28.8. The molecule has 0 aromatic rings. The molecule has 4 aliphatic rings. The van der Waals surface area contributed by atoms with E-state index in [4.69, 9.17) is 4.55 Å². The second-order valence-corrected chi connectivity index (χ2v) is 14.2. The van der Waals surface area contributed by atoms with E-state index in [1.165, 1.54) is 0 Å². The predicted molar refractivity (Wildman–Crippen MR) is 129 cm³/mol. The van der Waals surface area contributed by atoms with E-state index in [9.17, 15) is 37.0 Å². The van der Waals surface area contributed by atoms with Gasteiger partial charge in [0.15, 0.2) is 6.61 Å². The lowest BCUT2D eigenvalue weighted by Crippen LogP contribution is -2.61. The van der Waals surface area contributed by atoms with Crippen molar-refractivity contribution in [3.63, 3.8) is 0 Å². The van der Waals surface area contributed by atoms with Gasteiger partial charge in [0.1, 0.15) is 5.78 Å². The third-order valence-corrected chi connectivity index (χ3v) is 11.7. The van der Waals surface area contributed by atoms with Crippen molar-refractivity contribution in [3.05, 3.63) is 0 Å². The molecule has 37 heavy (non-hydrogen) atoms. The molecule has 0 spiro atoms. The molecule has 0 radical (unpaired) electrons. The Balaban J connectivity index is 1.43. The zero-order valence-corrected chi connectivity index (χ0v) is 22.6. The van der Waals surface area contributed by atoms with Crippen LogP contribution in [0.25, 0.3) is 0 Å². The van der Waals surface area contributed by atoms with Crippen LogP contribution in [0, 0.1) is 46.3 Å². The largest absolute Gasteiger partial charge is 0.458 e. The van der Waals surface area contributed by atoms with Gasteiger partial charge in [0.2, 0.25) is 0 Å². The number of carbonyl (C=O) groups is 2. The van der Waals surface area contributed by atoms with Crippen LogP contribution < -0.4 is 0 Å². The van der Waals surface area contributed by atoms with E-state index in [1.54, 1.807) is 0 Å². The van der Waals surface area contributed by atoms with Crippen molar-refractivity contribution in [1.82, 2.24) is 0 Å². The van der Waals surface area contributed by atoms with Gasteiger partial charge in [0.25, 0.3) is 0 Å². The molecule has 0 aromatic heterocycles. The molecular formula is C26H40F2O8S. The summed E-state index contributed by atoms with van der Waals surface area (Å²) in [6, 6.07) is 0. The smallest absolute Gasteiger partial charge is 0.402 e. The summed E-state index contributed by atoms with van der Waals surface area (Å²) in [7, 11) is -5.68. The first-order valence-corrected chi connectivity index (χ1v) is 14.9. The molecule has 1 unspecified atom stereocenters. The highest BCUT2D eigenvalue weighted by Gasteiger charge is 2.65. The summed E-state index contributed by atoms with van der Waals surface area (Å²) in [5.41, 5.74) is -0.738. The van der Waals surface area contributed by atoms with Crippen LogP contribution in [0.1, 0.15) is 78.6 Å². The fourth-order valence-electron chi connectivity index (χ4n) is 8.72. The van der Waals surface area contributed by atoms with Gasteiger partial charge in [-0.05, 0) is 85.9 Å². The first-order valence-electron chi connectivity index (χ1n) is 13.4. The average molecular weight is 551 g/mol. The molecule has 0 bridgehead atoms. The van der Waals surface area contributed by atoms with Crippen LogP contribution in [-0.2, 0) is 24.4 Å². The second kappa shape index (κ2) is 9.78. The SMILES string of the molecule is C[C@H](CCC(=O)OCC(F)(F)S(=O)(=O)O)[C@H]1CC[C@H]2[C@@H]3[C@H](O)CC4C[C@H](O)CC[C@]4(C)[C@H]3CC(=O)[C@]12C. The van der Waals surface area contributed by atoms with E-state index < -0.39 is 39.5 Å². The molecule has 3 N–H and O–H groups in total. The maximum atomic E-state index is 13.8. The molecule has 0 aliphatic heterocycles. The number of hydrogen-bond acceptors (Lipinski definition) is 7. The van der Waals surface area contributed by atoms with E-state index >= 15 is 0 Å². The van der Waals surface area contributed by atoms with E-state index in [2.05, 4.69) is 11.7 Å². The predicted octanol–water partition coefficient (Wildman–Crippen LogP) is 3.60. The van der Waals surface area contributed by atoms with Crippen LogP contribution >= 0.6 is 0 Å². The van der Waals surface area contributed by atoms with Crippen LogP contribution in [0.15, 0.2) is 0 Å². The molecule has 10 atom stereocenters.